The molecule has 2 aliphatic carbocycles. The Balaban J connectivity index is 1.17. The number of benzene rings is 2. The van der Waals surface area contributed by atoms with Crippen molar-refractivity contribution < 1.29 is 18.4 Å². The first-order chi connectivity index (χ1) is 21.1. The lowest BCUT2D eigenvalue weighted by molar-refractivity contribution is -0.164. The van der Waals surface area contributed by atoms with E-state index in [1.807, 2.05) is 31.0 Å². The topological polar surface area (TPSA) is 78.4 Å². The maximum absolute atomic E-state index is 14.5. The van der Waals surface area contributed by atoms with Crippen molar-refractivity contribution in [1.29, 1.82) is 0 Å². The molecule has 2 amide bonds. The van der Waals surface area contributed by atoms with E-state index in [0.717, 1.165) is 64.9 Å². The number of aromatic nitrogens is 2. The lowest BCUT2D eigenvalue weighted by Crippen LogP contribution is -2.70. The maximum atomic E-state index is 14.5. The van der Waals surface area contributed by atoms with Gasteiger partial charge in [-0.15, -0.1) is 0 Å². The predicted octanol–water partition coefficient (Wildman–Crippen LogP) is 5.40. The number of nitrogens with one attached hydrogen (secondary N) is 1. The van der Waals surface area contributed by atoms with Gasteiger partial charge in [-0.3, -0.25) is 19.5 Å². The van der Waals surface area contributed by atoms with Crippen LogP contribution in [0.1, 0.15) is 60.4 Å². The molecule has 1 saturated carbocycles. The fourth-order valence-corrected chi connectivity index (χ4v) is 8.47. The number of fused-ring (bicyclic) bond motifs is 4. The summed E-state index contributed by atoms with van der Waals surface area (Å²) in [7, 11) is 1.96. The van der Waals surface area contributed by atoms with Gasteiger partial charge in [0.05, 0.1) is 16.5 Å². The summed E-state index contributed by atoms with van der Waals surface area (Å²) >= 11 is 0. The molecule has 9 heteroatoms. The molecule has 0 unspecified atom stereocenters. The van der Waals surface area contributed by atoms with Gasteiger partial charge in [0.2, 0.25) is 11.8 Å². The number of piperazine rings is 1. The van der Waals surface area contributed by atoms with Crippen LogP contribution in [0.25, 0.3) is 10.9 Å². The van der Waals surface area contributed by atoms with E-state index in [1.165, 1.54) is 12.1 Å². The van der Waals surface area contributed by atoms with Crippen LogP contribution in [0.3, 0.4) is 0 Å². The van der Waals surface area contributed by atoms with Gasteiger partial charge in [-0.25, -0.2) is 13.8 Å². The minimum Gasteiger partial charge on any atom is -0.326 e. The third-order valence-electron chi connectivity index (χ3n) is 10.8. The summed E-state index contributed by atoms with van der Waals surface area (Å²) in [5, 5.41) is 3.89. The molecule has 2 aromatic heterocycles. The monoisotopic (exact) mass is 593 g/mol. The highest BCUT2D eigenvalue weighted by Crippen LogP contribution is 2.48. The Morgan fingerprint density at radius 3 is 2.43 bits per heavy atom. The van der Waals surface area contributed by atoms with Gasteiger partial charge in [0.1, 0.15) is 23.0 Å². The number of carbonyl (C=O) groups is 2. The molecule has 0 bridgehead atoms. The van der Waals surface area contributed by atoms with Crippen molar-refractivity contribution in [2.75, 3.05) is 18.9 Å². The number of rotatable bonds is 3. The Labute approximate surface area is 254 Å². The first-order valence-electron chi connectivity index (χ1n) is 15.3. The molecule has 1 saturated heterocycles. The zero-order valence-electron chi connectivity index (χ0n) is 24.8. The van der Waals surface area contributed by atoms with Crippen LogP contribution in [0, 0.1) is 11.6 Å². The zero-order chi connectivity index (χ0) is 30.4. The number of halogens is 2. The van der Waals surface area contributed by atoms with Crippen LogP contribution in [0.4, 0.5) is 14.6 Å². The molecule has 2 aliphatic heterocycles. The van der Waals surface area contributed by atoms with Gasteiger partial charge in [0, 0.05) is 42.5 Å². The highest BCUT2D eigenvalue weighted by Gasteiger charge is 2.56. The van der Waals surface area contributed by atoms with Crippen LogP contribution in [0.2, 0.25) is 0 Å². The highest BCUT2D eigenvalue weighted by atomic mass is 19.1. The summed E-state index contributed by atoms with van der Waals surface area (Å²) in [6, 6.07) is 13.6. The number of amides is 2. The predicted molar refractivity (Wildman–Crippen MR) is 162 cm³/mol. The lowest BCUT2D eigenvalue weighted by Gasteiger charge is -2.56. The van der Waals surface area contributed by atoms with E-state index in [0.29, 0.717) is 30.8 Å². The van der Waals surface area contributed by atoms with Gasteiger partial charge in [0.25, 0.3) is 0 Å². The smallest absolute Gasteiger partial charge is 0.244 e. The molecule has 4 aromatic rings. The SMILES string of the molecule is CN1C[C@@](C)(c2cc(F)cc(F)c2)N(Cc2cnc3cc4c(cc3c2)C[C@@]2(C4)C(=O)Nc3ncccc32)C(=O)C12CCCC2. The minimum absolute atomic E-state index is 0.00793. The third-order valence-corrected chi connectivity index (χ3v) is 10.8. The standard InChI is InChI=1S/C35H33F2N5O2/c1-33(25-13-26(36)15-27(37)14-25)20-41(2)35(7-3-4-8-35)32(44)42(33)19-21-10-22-11-23-16-34(17-24(23)12-29(22)39-18-21)28-6-5-9-38-30(28)40-31(34)43/h5-6,9-15,18H,3-4,7-8,16-17,19-20H2,1-2H3,(H,38,40,43)/t33-,34-/m0/s1. The van der Waals surface area contributed by atoms with Crippen molar-refractivity contribution >= 4 is 28.5 Å². The fraction of sp³-hybridized carbons (Fsp3) is 0.371. The lowest BCUT2D eigenvalue weighted by atomic mass is 9.79. The average Bonchev–Trinajstić information content (AvgIpc) is 3.70. The third kappa shape index (κ3) is 3.81. The first-order valence-corrected chi connectivity index (χ1v) is 15.3. The van der Waals surface area contributed by atoms with Crippen LogP contribution in [0.5, 0.6) is 0 Å². The normalized spacial score (nSPS) is 25.7. The van der Waals surface area contributed by atoms with Gasteiger partial charge in [-0.1, -0.05) is 18.9 Å². The number of pyridine rings is 2. The quantitative estimate of drug-likeness (QED) is 0.344. The highest BCUT2D eigenvalue weighted by molar-refractivity contribution is 6.06. The number of carbonyl (C=O) groups excluding carboxylic acids is 2. The number of likely N-dealkylation sites (N-methyl/N-ethyl adjacent to an activating group) is 1. The van der Waals surface area contributed by atoms with E-state index >= 15 is 0 Å². The Bertz CT molecular complexity index is 1870. The van der Waals surface area contributed by atoms with Crippen LogP contribution in [-0.4, -0.2) is 50.7 Å². The second-order valence-corrected chi connectivity index (χ2v) is 13.4. The van der Waals surface area contributed by atoms with E-state index in [2.05, 4.69) is 33.4 Å². The van der Waals surface area contributed by atoms with Crippen LogP contribution < -0.4 is 5.32 Å². The van der Waals surface area contributed by atoms with E-state index in [-0.39, 0.29) is 18.4 Å². The molecule has 4 aliphatic rings. The van der Waals surface area contributed by atoms with Crippen molar-refractivity contribution in [1.82, 2.24) is 19.8 Å². The van der Waals surface area contributed by atoms with E-state index < -0.39 is 28.1 Å². The van der Waals surface area contributed by atoms with Gasteiger partial charge in [-0.05, 0) is 98.3 Å². The second kappa shape index (κ2) is 9.38. The van der Waals surface area contributed by atoms with Gasteiger partial charge in [-0.2, -0.15) is 0 Å². The summed E-state index contributed by atoms with van der Waals surface area (Å²) in [5.41, 5.74) is 2.99. The molecule has 2 spiro atoms. The van der Waals surface area contributed by atoms with Crippen LogP contribution in [0.15, 0.2) is 60.9 Å². The van der Waals surface area contributed by atoms with E-state index in [9.17, 15) is 18.4 Å². The largest absolute Gasteiger partial charge is 0.326 e. The molecule has 1 N–H and O–H groups in total. The summed E-state index contributed by atoms with van der Waals surface area (Å²) in [6.07, 6.45) is 8.12. The molecule has 8 rings (SSSR count). The summed E-state index contributed by atoms with van der Waals surface area (Å²) < 4.78 is 29.0. The Morgan fingerprint density at radius 2 is 1.68 bits per heavy atom. The summed E-state index contributed by atoms with van der Waals surface area (Å²) in [5.74, 6) is -0.723. The molecule has 2 fully saturated rings. The molecule has 2 aromatic carbocycles. The van der Waals surface area contributed by atoms with Gasteiger partial charge < -0.3 is 10.2 Å². The van der Waals surface area contributed by atoms with Crippen molar-refractivity contribution in [3.05, 3.63) is 100 Å². The van der Waals surface area contributed by atoms with Crippen LogP contribution >= 0.6 is 0 Å². The number of hydrogen-bond acceptors (Lipinski definition) is 5. The molecule has 0 radical (unpaired) electrons. The van der Waals surface area contributed by atoms with Crippen molar-refractivity contribution in [2.45, 2.75) is 68.5 Å². The zero-order valence-corrected chi connectivity index (χ0v) is 24.8. The summed E-state index contributed by atoms with van der Waals surface area (Å²) in [4.78, 5) is 40.8. The summed E-state index contributed by atoms with van der Waals surface area (Å²) in [6.45, 7) is 2.61. The molecule has 4 heterocycles. The van der Waals surface area contributed by atoms with E-state index in [1.54, 1.807) is 12.4 Å². The Morgan fingerprint density at radius 1 is 0.955 bits per heavy atom. The average molecular weight is 594 g/mol. The Kier molecular flexibility index (Phi) is 5.82. The second-order valence-electron chi connectivity index (χ2n) is 13.4. The number of anilines is 1. The molecule has 44 heavy (non-hydrogen) atoms. The van der Waals surface area contributed by atoms with Gasteiger partial charge >= 0.3 is 0 Å². The van der Waals surface area contributed by atoms with Crippen molar-refractivity contribution in [3.8, 4) is 0 Å². The first kappa shape index (κ1) is 27.3. The van der Waals surface area contributed by atoms with Gasteiger partial charge in [0.15, 0.2) is 0 Å². The molecule has 7 nitrogen and oxygen atoms in total. The van der Waals surface area contributed by atoms with Crippen molar-refractivity contribution in [2.24, 2.45) is 0 Å². The van der Waals surface area contributed by atoms with Crippen molar-refractivity contribution in [3.63, 3.8) is 0 Å². The Hall–Kier alpha value is -4.24. The molecule has 2 atom stereocenters. The number of hydrogen-bond donors (Lipinski definition) is 1. The molecular formula is C35H33F2N5O2. The number of nitrogens with zero attached hydrogens (tertiary/aromatic N) is 4. The minimum atomic E-state index is -0.959. The molecule has 224 valence electrons. The maximum Gasteiger partial charge on any atom is 0.244 e. The van der Waals surface area contributed by atoms with Crippen LogP contribution in [-0.2, 0) is 39.9 Å². The fourth-order valence-electron chi connectivity index (χ4n) is 8.47. The molecular weight excluding hydrogens is 560 g/mol. The van der Waals surface area contributed by atoms with E-state index in [4.69, 9.17) is 4.98 Å².